The third kappa shape index (κ3) is 4.04. The molecular formula is C23H21N3O2. The van der Waals surface area contributed by atoms with Crippen molar-refractivity contribution in [1.82, 2.24) is 9.78 Å². The highest BCUT2D eigenvalue weighted by Gasteiger charge is 2.08. The van der Waals surface area contributed by atoms with Crippen LogP contribution in [0.4, 0.5) is 5.82 Å². The van der Waals surface area contributed by atoms with E-state index in [1.165, 1.54) is 16.3 Å². The van der Waals surface area contributed by atoms with Crippen molar-refractivity contribution in [2.75, 3.05) is 12.4 Å². The molecule has 0 atom stereocenters. The van der Waals surface area contributed by atoms with Gasteiger partial charge in [0.1, 0.15) is 5.75 Å². The standard InChI is InChI=1S/C23H21N3O2/c1-28-20-11-9-17(10-12-20)15-23(27)24-22-13-14-26(25-22)16-19-7-4-6-18-5-2-3-8-21(18)19/h2-14H,15-16H2,1H3,(H,24,25,27). The molecule has 1 heterocycles. The predicted molar refractivity (Wildman–Crippen MR) is 111 cm³/mol. The number of nitrogens with zero attached hydrogens (tertiary/aromatic N) is 2. The zero-order valence-electron chi connectivity index (χ0n) is 15.6. The van der Waals surface area contributed by atoms with E-state index in [4.69, 9.17) is 4.74 Å². The molecule has 0 aliphatic heterocycles. The number of hydrogen-bond acceptors (Lipinski definition) is 3. The van der Waals surface area contributed by atoms with Crippen LogP contribution in [-0.2, 0) is 17.8 Å². The molecule has 0 bridgehead atoms. The van der Waals surface area contributed by atoms with Gasteiger partial charge in [0.25, 0.3) is 0 Å². The zero-order valence-corrected chi connectivity index (χ0v) is 15.6. The fraction of sp³-hybridized carbons (Fsp3) is 0.130. The van der Waals surface area contributed by atoms with E-state index in [1.54, 1.807) is 7.11 Å². The first-order valence-corrected chi connectivity index (χ1v) is 9.14. The molecule has 0 saturated heterocycles. The fourth-order valence-corrected chi connectivity index (χ4v) is 3.24. The lowest BCUT2D eigenvalue weighted by Crippen LogP contribution is -2.15. The Morgan fingerprint density at radius 1 is 1.00 bits per heavy atom. The van der Waals surface area contributed by atoms with Gasteiger partial charge in [-0.1, -0.05) is 54.6 Å². The first kappa shape index (κ1) is 17.8. The van der Waals surface area contributed by atoms with Gasteiger partial charge in [-0.2, -0.15) is 5.10 Å². The maximum absolute atomic E-state index is 12.3. The zero-order chi connectivity index (χ0) is 19.3. The Kier molecular flexibility index (Phi) is 5.06. The number of anilines is 1. The lowest BCUT2D eigenvalue weighted by Gasteiger charge is -2.07. The van der Waals surface area contributed by atoms with E-state index in [0.717, 1.165) is 11.3 Å². The van der Waals surface area contributed by atoms with E-state index in [-0.39, 0.29) is 5.91 Å². The lowest BCUT2D eigenvalue weighted by atomic mass is 10.0. The quantitative estimate of drug-likeness (QED) is 0.551. The van der Waals surface area contributed by atoms with Crippen molar-refractivity contribution in [3.8, 4) is 5.75 Å². The highest BCUT2D eigenvalue weighted by molar-refractivity contribution is 5.91. The van der Waals surface area contributed by atoms with Crippen LogP contribution in [0.2, 0.25) is 0 Å². The van der Waals surface area contributed by atoms with Gasteiger partial charge < -0.3 is 10.1 Å². The number of methoxy groups -OCH3 is 1. The summed E-state index contributed by atoms with van der Waals surface area (Å²) in [6.07, 6.45) is 2.17. The minimum Gasteiger partial charge on any atom is -0.497 e. The molecule has 4 aromatic rings. The van der Waals surface area contributed by atoms with Gasteiger partial charge in [-0.05, 0) is 34.0 Å². The van der Waals surface area contributed by atoms with Gasteiger partial charge in [0.2, 0.25) is 5.91 Å². The molecule has 140 valence electrons. The summed E-state index contributed by atoms with van der Waals surface area (Å²) >= 11 is 0. The molecule has 1 aromatic heterocycles. The maximum atomic E-state index is 12.3. The van der Waals surface area contributed by atoms with Crippen molar-refractivity contribution >= 4 is 22.5 Å². The lowest BCUT2D eigenvalue weighted by molar-refractivity contribution is -0.115. The van der Waals surface area contributed by atoms with Crippen molar-refractivity contribution < 1.29 is 9.53 Å². The second kappa shape index (κ2) is 7.96. The van der Waals surface area contributed by atoms with Crippen LogP contribution in [0.25, 0.3) is 10.8 Å². The summed E-state index contributed by atoms with van der Waals surface area (Å²) in [5.41, 5.74) is 2.12. The number of nitrogens with one attached hydrogen (secondary N) is 1. The predicted octanol–water partition coefficient (Wildman–Crippen LogP) is 4.27. The Morgan fingerprint density at radius 2 is 1.79 bits per heavy atom. The monoisotopic (exact) mass is 371 g/mol. The first-order chi connectivity index (χ1) is 13.7. The minimum atomic E-state index is -0.0967. The molecule has 0 unspecified atom stereocenters. The molecule has 5 nitrogen and oxygen atoms in total. The minimum absolute atomic E-state index is 0.0967. The fourth-order valence-electron chi connectivity index (χ4n) is 3.24. The Hall–Kier alpha value is -3.60. The number of rotatable bonds is 6. The van der Waals surface area contributed by atoms with Crippen LogP contribution in [0.1, 0.15) is 11.1 Å². The molecule has 0 aliphatic carbocycles. The SMILES string of the molecule is COc1ccc(CC(=O)Nc2ccn(Cc3cccc4ccccc34)n2)cc1. The highest BCUT2D eigenvalue weighted by Crippen LogP contribution is 2.19. The molecular weight excluding hydrogens is 350 g/mol. The van der Waals surface area contributed by atoms with Crippen molar-refractivity contribution in [3.63, 3.8) is 0 Å². The Bertz CT molecular complexity index is 1100. The van der Waals surface area contributed by atoms with E-state index < -0.39 is 0 Å². The molecule has 3 aromatic carbocycles. The van der Waals surface area contributed by atoms with Gasteiger partial charge >= 0.3 is 0 Å². The topological polar surface area (TPSA) is 56.1 Å². The number of amides is 1. The smallest absolute Gasteiger partial charge is 0.229 e. The largest absolute Gasteiger partial charge is 0.497 e. The first-order valence-electron chi connectivity index (χ1n) is 9.14. The normalized spacial score (nSPS) is 10.8. The Labute approximate surface area is 163 Å². The third-order valence-corrected chi connectivity index (χ3v) is 4.64. The summed E-state index contributed by atoms with van der Waals surface area (Å²) in [5.74, 6) is 1.23. The number of benzene rings is 3. The van der Waals surface area contributed by atoms with Crippen molar-refractivity contribution in [3.05, 3.63) is 90.1 Å². The Balaban J connectivity index is 1.41. The summed E-state index contributed by atoms with van der Waals surface area (Å²) in [5, 5.41) is 9.77. The summed E-state index contributed by atoms with van der Waals surface area (Å²) in [6, 6.07) is 23.8. The molecule has 1 N–H and O–H groups in total. The van der Waals surface area contributed by atoms with Gasteiger partial charge in [0.15, 0.2) is 5.82 Å². The molecule has 0 spiro atoms. The number of aromatic nitrogens is 2. The molecule has 1 amide bonds. The van der Waals surface area contributed by atoms with Gasteiger partial charge in [0.05, 0.1) is 20.1 Å². The van der Waals surface area contributed by atoms with E-state index in [9.17, 15) is 4.79 Å². The number of carbonyl (C=O) groups is 1. The van der Waals surface area contributed by atoms with Crippen LogP contribution in [0.3, 0.4) is 0 Å². The maximum Gasteiger partial charge on any atom is 0.229 e. The van der Waals surface area contributed by atoms with E-state index in [0.29, 0.717) is 18.8 Å². The van der Waals surface area contributed by atoms with Crippen molar-refractivity contribution in [2.24, 2.45) is 0 Å². The number of ether oxygens (including phenoxy) is 1. The molecule has 28 heavy (non-hydrogen) atoms. The van der Waals surface area contributed by atoms with Gasteiger partial charge in [-0.15, -0.1) is 0 Å². The Morgan fingerprint density at radius 3 is 2.61 bits per heavy atom. The van der Waals surface area contributed by atoms with Gasteiger partial charge in [-0.3, -0.25) is 9.48 Å². The average Bonchev–Trinajstić information content (AvgIpc) is 3.15. The van der Waals surface area contributed by atoms with Crippen LogP contribution < -0.4 is 10.1 Å². The molecule has 0 saturated carbocycles. The average molecular weight is 371 g/mol. The van der Waals surface area contributed by atoms with Crippen molar-refractivity contribution in [1.29, 1.82) is 0 Å². The van der Waals surface area contributed by atoms with E-state index in [2.05, 4.69) is 40.7 Å². The number of hydrogen-bond donors (Lipinski definition) is 1. The van der Waals surface area contributed by atoms with Crippen LogP contribution in [0, 0.1) is 0 Å². The van der Waals surface area contributed by atoms with Crippen molar-refractivity contribution in [2.45, 2.75) is 13.0 Å². The molecule has 4 rings (SSSR count). The summed E-state index contributed by atoms with van der Waals surface area (Å²) in [4.78, 5) is 12.3. The van der Waals surface area contributed by atoms with Crippen LogP contribution in [-0.4, -0.2) is 22.8 Å². The van der Waals surface area contributed by atoms with Crippen LogP contribution >= 0.6 is 0 Å². The third-order valence-electron chi connectivity index (χ3n) is 4.64. The number of carbonyl (C=O) groups excluding carboxylic acids is 1. The van der Waals surface area contributed by atoms with Gasteiger partial charge in [0, 0.05) is 12.3 Å². The summed E-state index contributed by atoms with van der Waals surface area (Å²) in [6.45, 7) is 0.649. The molecule has 0 radical (unpaired) electrons. The molecule has 0 fully saturated rings. The van der Waals surface area contributed by atoms with Gasteiger partial charge in [-0.25, -0.2) is 0 Å². The summed E-state index contributed by atoms with van der Waals surface area (Å²) in [7, 11) is 1.62. The second-order valence-corrected chi connectivity index (χ2v) is 6.61. The molecule has 0 aliphatic rings. The number of fused-ring (bicyclic) bond motifs is 1. The summed E-state index contributed by atoms with van der Waals surface area (Å²) < 4.78 is 6.97. The van der Waals surface area contributed by atoms with E-state index in [1.807, 2.05) is 53.3 Å². The van der Waals surface area contributed by atoms with E-state index >= 15 is 0 Å². The highest BCUT2D eigenvalue weighted by atomic mass is 16.5. The molecule has 5 heteroatoms. The van der Waals surface area contributed by atoms with Crippen LogP contribution in [0.15, 0.2) is 79.0 Å². The van der Waals surface area contributed by atoms with Crippen LogP contribution in [0.5, 0.6) is 5.75 Å². The second-order valence-electron chi connectivity index (χ2n) is 6.61.